The van der Waals surface area contributed by atoms with Crippen LogP contribution < -0.4 is 9.64 Å². The minimum Gasteiger partial charge on any atom is -0.494 e. The Hall–Kier alpha value is -4.53. The average molecular weight is 435 g/mol. The zero-order valence-corrected chi connectivity index (χ0v) is 16.5. The number of carbonyl (C=O) groups is 4. The molecule has 160 valence electrons. The number of carboxylic acid groups (broad SMARTS) is 2. The second-order valence-electron chi connectivity index (χ2n) is 6.90. The lowest BCUT2D eigenvalue weighted by atomic mass is 10.0. The van der Waals surface area contributed by atoms with Gasteiger partial charge >= 0.3 is 11.9 Å². The van der Waals surface area contributed by atoms with Gasteiger partial charge in [0.15, 0.2) is 11.6 Å². The minimum atomic E-state index is -1.38. The molecule has 0 radical (unpaired) electrons. The highest BCUT2D eigenvalue weighted by Gasteiger charge is 2.39. The highest BCUT2D eigenvalue weighted by molar-refractivity contribution is 6.35. The van der Waals surface area contributed by atoms with Gasteiger partial charge in [0.05, 0.1) is 35.1 Å². The number of carboxylic acids is 2. The number of halogens is 1. The number of nitrogens with zero attached hydrogens (tertiary/aromatic N) is 1. The van der Waals surface area contributed by atoms with E-state index < -0.39 is 29.6 Å². The van der Waals surface area contributed by atoms with Crippen molar-refractivity contribution in [3.8, 4) is 16.9 Å². The molecule has 4 rings (SSSR count). The van der Waals surface area contributed by atoms with E-state index in [9.17, 15) is 28.7 Å². The van der Waals surface area contributed by atoms with E-state index in [1.54, 1.807) is 6.07 Å². The summed E-state index contributed by atoms with van der Waals surface area (Å²) in [4.78, 5) is 49.6. The van der Waals surface area contributed by atoms with Crippen LogP contribution in [0.4, 0.5) is 10.1 Å². The SMILES string of the molecule is COc1ccc(-c2ccc(C(=O)O)c(N3C(=O)c4ccc(C(=O)O)cc4C3=O)c2)cc1F. The maximum atomic E-state index is 14.2. The van der Waals surface area contributed by atoms with Gasteiger partial charge in [-0.2, -0.15) is 0 Å². The number of hydrogen-bond acceptors (Lipinski definition) is 5. The van der Waals surface area contributed by atoms with Crippen molar-refractivity contribution in [2.75, 3.05) is 12.0 Å². The molecule has 32 heavy (non-hydrogen) atoms. The first-order valence-corrected chi connectivity index (χ1v) is 9.20. The van der Waals surface area contributed by atoms with E-state index in [1.807, 2.05) is 0 Å². The van der Waals surface area contributed by atoms with Gasteiger partial charge in [-0.25, -0.2) is 18.9 Å². The Kier molecular flexibility index (Phi) is 4.94. The fourth-order valence-electron chi connectivity index (χ4n) is 3.52. The summed E-state index contributed by atoms with van der Waals surface area (Å²) in [5.74, 6) is -4.92. The number of methoxy groups -OCH3 is 1. The second-order valence-corrected chi connectivity index (χ2v) is 6.90. The first kappa shape index (κ1) is 20.7. The highest BCUT2D eigenvalue weighted by atomic mass is 19.1. The molecule has 0 aromatic heterocycles. The number of amides is 2. The van der Waals surface area contributed by atoms with Crippen LogP contribution in [0.5, 0.6) is 5.75 Å². The van der Waals surface area contributed by atoms with Gasteiger partial charge in [-0.05, 0) is 53.6 Å². The number of carbonyl (C=O) groups excluding carboxylic acids is 2. The molecule has 0 spiro atoms. The summed E-state index contributed by atoms with van der Waals surface area (Å²) in [6.07, 6.45) is 0. The second kappa shape index (κ2) is 7.62. The zero-order chi connectivity index (χ0) is 23.2. The van der Waals surface area contributed by atoms with Crippen molar-refractivity contribution in [2.24, 2.45) is 0 Å². The van der Waals surface area contributed by atoms with Crippen LogP contribution in [-0.4, -0.2) is 41.1 Å². The Morgan fingerprint density at radius 3 is 2.12 bits per heavy atom. The minimum absolute atomic E-state index is 0.0192. The van der Waals surface area contributed by atoms with Crippen molar-refractivity contribution >= 4 is 29.4 Å². The van der Waals surface area contributed by atoms with E-state index in [0.29, 0.717) is 16.0 Å². The van der Waals surface area contributed by atoms with Crippen LogP contribution in [0.1, 0.15) is 41.4 Å². The van der Waals surface area contributed by atoms with Crippen molar-refractivity contribution in [1.29, 1.82) is 0 Å². The molecule has 1 aliphatic rings. The van der Waals surface area contributed by atoms with E-state index in [2.05, 4.69) is 0 Å². The molecule has 1 aliphatic heterocycles. The molecule has 0 saturated carbocycles. The monoisotopic (exact) mass is 435 g/mol. The van der Waals surface area contributed by atoms with Crippen LogP contribution in [0.2, 0.25) is 0 Å². The lowest BCUT2D eigenvalue weighted by Gasteiger charge is -2.18. The summed E-state index contributed by atoms with van der Waals surface area (Å²) in [6.45, 7) is 0. The van der Waals surface area contributed by atoms with Crippen LogP contribution in [0.3, 0.4) is 0 Å². The zero-order valence-electron chi connectivity index (χ0n) is 16.5. The third-order valence-electron chi connectivity index (χ3n) is 5.09. The Balaban J connectivity index is 1.85. The number of imide groups is 1. The number of rotatable bonds is 5. The summed E-state index contributed by atoms with van der Waals surface area (Å²) < 4.78 is 19.1. The van der Waals surface area contributed by atoms with E-state index in [4.69, 9.17) is 9.84 Å². The fourth-order valence-corrected chi connectivity index (χ4v) is 3.52. The Morgan fingerprint density at radius 2 is 1.50 bits per heavy atom. The molecule has 3 aromatic rings. The molecule has 0 unspecified atom stereocenters. The molecule has 2 amide bonds. The van der Waals surface area contributed by atoms with Crippen LogP contribution in [-0.2, 0) is 0 Å². The van der Waals surface area contributed by atoms with E-state index >= 15 is 0 Å². The van der Waals surface area contributed by atoms with E-state index in [0.717, 1.165) is 6.07 Å². The summed E-state index contributed by atoms with van der Waals surface area (Å²) in [7, 11) is 1.32. The van der Waals surface area contributed by atoms with Crippen LogP contribution >= 0.6 is 0 Å². The van der Waals surface area contributed by atoms with Gasteiger partial charge in [0.25, 0.3) is 11.8 Å². The number of anilines is 1. The highest BCUT2D eigenvalue weighted by Crippen LogP contribution is 2.35. The number of benzene rings is 3. The largest absolute Gasteiger partial charge is 0.494 e. The molecule has 0 atom stereocenters. The van der Waals surface area contributed by atoms with Crippen molar-refractivity contribution in [3.63, 3.8) is 0 Å². The molecular weight excluding hydrogens is 421 g/mol. The molecule has 0 saturated heterocycles. The van der Waals surface area contributed by atoms with Crippen molar-refractivity contribution in [3.05, 3.63) is 82.7 Å². The molecule has 0 bridgehead atoms. The predicted octanol–water partition coefficient (Wildman–Crippen LogP) is 3.70. The fraction of sp³-hybridized carbons (Fsp3) is 0.0435. The summed E-state index contributed by atoms with van der Waals surface area (Å²) in [5.41, 5.74) is -0.192. The maximum Gasteiger partial charge on any atom is 0.337 e. The van der Waals surface area contributed by atoms with Crippen LogP contribution in [0.25, 0.3) is 11.1 Å². The molecule has 2 N–H and O–H groups in total. The third kappa shape index (κ3) is 3.25. The van der Waals surface area contributed by atoms with Gasteiger partial charge < -0.3 is 14.9 Å². The normalized spacial score (nSPS) is 12.6. The van der Waals surface area contributed by atoms with E-state index in [1.165, 1.54) is 49.6 Å². The van der Waals surface area contributed by atoms with Crippen molar-refractivity contribution in [1.82, 2.24) is 0 Å². The standard InChI is InChI=1S/C23H14FNO7/c1-32-19-7-4-11(9-17(19)24)12-2-6-15(23(30)31)18(10-12)25-20(26)14-5-3-13(22(28)29)8-16(14)21(25)27/h2-10H,1H3,(H,28,29)(H,30,31). The molecule has 0 aliphatic carbocycles. The number of hydrogen-bond donors (Lipinski definition) is 2. The first-order valence-electron chi connectivity index (χ1n) is 9.20. The van der Waals surface area contributed by atoms with Gasteiger partial charge in [0.2, 0.25) is 0 Å². The van der Waals surface area contributed by atoms with Crippen molar-refractivity contribution < 1.29 is 38.5 Å². The lowest BCUT2D eigenvalue weighted by molar-refractivity contribution is 0.0686. The summed E-state index contributed by atoms with van der Waals surface area (Å²) in [5, 5.41) is 18.8. The molecular formula is C23H14FNO7. The topological polar surface area (TPSA) is 121 Å². The van der Waals surface area contributed by atoms with Crippen molar-refractivity contribution in [2.45, 2.75) is 0 Å². The van der Waals surface area contributed by atoms with Gasteiger partial charge in [0, 0.05) is 0 Å². The quantitative estimate of drug-likeness (QED) is 0.586. The van der Waals surface area contributed by atoms with E-state index in [-0.39, 0.29) is 33.7 Å². The third-order valence-corrected chi connectivity index (χ3v) is 5.09. The summed E-state index contributed by atoms with van der Waals surface area (Å²) >= 11 is 0. The Labute approximate surface area is 180 Å². The number of aromatic carboxylic acids is 2. The summed E-state index contributed by atoms with van der Waals surface area (Å²) in [6, 6.07) is 11.5. The van der Waals surface area contributed by atoms with Crippen LogP contribution in [0, 0.1) is 5.82 Å². The van der Waals surface area contributed by atoms with Gasteiger partial charge in [-0.15, -0.1) is 0 Å². The molecule has 1 heterocycles. The Bertz CT molecular complexity index is 1330. The molecule has 9 heteroatoms. The molecule has 8 nitrogen and oxygen atoms in total. The molecule has 0 fully saturated rings. The predicted molar refractivity (Wildman–Crippen MR) is 110 cm³/mol. The van der Waals surface area contributed by atoms with Gasteiger partial charge in [-0.3, -0.25) is 9.59 Å². The smallest absolute Gasteiger partial charge is 0.337 e. The van der Waals surface area contributed by atoms with Gasteiger partial charge in [0.1, 0.15) is 0 Å². The Morgan fingerprint density at radius 1 is 0.844 bits per heavy atom. The number of fused-ring (bicyclic) bond motifs is 1. The lowest BCUT2D eigenvalue weighted by Crippen LogP contribution is -2.31. The average Bonchev–Trinajstić information content (AvgIpc) is 3.02. The number of ether oxygens (including phenoxy) is 1. The molecule has 3 aromatic carbocycles. The first-order chi connectivity index (χ1) is 15.2. The maximum absolute atomic E-state index is 14.2. The van der Waals surface area contributed by atoms with Crippen LogP contribution in [0.15, 0.2) is 54.6 Å². The van der Waals surface area contributed by atoms with Gasteiger partial charge in [-0.1, -0.05) is 12.1 Å².